The number of carboxylic acid groups (broad SMARTS) is 1. The summed E-state index contributed by atoms with van der Waals surface area (Å²) in [6, 6.07) is 0.390. The number of nitrogens with two attached hydrogens (primary N) is 1. The highest BCUT2D eigenvalue weighted by Crippen LogP contribution is 2.45. The third kappa shape index (κ3) is 2.48. The van der Waals surface area contributed by atoms with Crippen LogP contribution < -0.4 is 15.2 Å². The number of benzene rings is 1. The van der Waals surface area contributed by atoms with E-state index in [4.69, 9.17) is 31.9 Å². The molecule has 0 fully saturated rings. The second-order valence-electron chi connectivity index (χ2n) is 4.68. The Kier molecular flexibility index (Phi) is 3.87. The normalized spacial score (nSPS) is 15.4. The van der Waals surface area contributed by atoms with Crippen LogP contribution in [0.4, 0.5) is 0 Å². The molecule has 0 aromatic heterocycles. The van der Waals surface area contributed by atoms with Gasteiger partial charge in [-0.15, -0.1) is 0 Å². The minimum Gasteiger partial charge on any atom is -0.486 e. The molecule has 1 heterocycles. The predicted octanol–water partition coefficient (Wildman–Crippen LogP) is 2.32. The molecule has 1 aliphatic rings. The van der Waals surface area contributed by atoms with Gasteiger partial charge in [-0.05, 0) is 5.92 Å². The van der Waals surface area contributed by atoms with E-state index in [9.17, 15) is 4.79 Å². The SMILES string of the molecule is CC(C)c1c2c(cc(Cl)c1C(N)C(=O)O)OCCO2. The van der Waals surface area contributed by atoms with Gasteiger partial charge < -0.3 is 20.3 Å². The van der Waals surface area contributed by atoms with Crippen molar-refractivity contribution in [1.82, 2.24) is 0 Å². The summed E-state index contributed by atoms with van der Waals surface area (Å²) in [4.78, 5) is 11.1. The minimum absolute atomic E-state index is 0.0227. The molecular formula is C13H16ClNO4. The molecule has 1 atom stereocenters. The van der Waals surface area contributed by atoms with Gasteiger partial charge in [0.05, 0.1) is 5.02 Å². The zero-order valence-electron chi connectivity index (χ0n) is 10.8. The molecule has 0 bridgehead atoms. The van der Waals surface area contributed by atoms with Crippen LogP contribution in [0, 0.1) is 0 Å². The number of fused-ring (bicyclic) bond motifs is 1. The molecule has 0 aliphatic carbocycles. The first-order valence-corrected chi connectivity index (χ1v) is 6.41. The highest BCUT2D eigenvalue weighted by molar-refractivity contribution is 6.32. The number of aliphatic carboxylic acids is 1. The molecule has 0 spiro atoms. The standard InChI is InChI=1S/C13H16ClNO4/c1-6(2)9-10(11(15)13(16)17)7(14)5-8-12(9)19-4-3-18-8/h5-6,11H,3-4,15H2,1-2H3,(H,16,17). The predicted molar refractivity (Wildman–Crippen MR) is 71.1 cm³/mol. The first-order valence-electron chi connectivity index (χ1n) is 6.03. The third-order valence-electron chi connectivity index (χ3n) is 3.02. The lowest BCUT2D eigenvalue weighted by molar-refractivity contribution is -0.138. The first-order chi connectivity index (χ1) is 8.93. The summed E-state index contributed by atoms with van der Waals surface area (Å²) < 4.78 is 11.1. The average molecular weight is 286 g/mol. The number of hydrogen-bond donors (Lipinski definition) is 2. The zero-order chi connectivity index (χ0) is 14.2. The Morgan fingerprint density at radius 3 is 2.58 bits per heavy atom. The second kappa shape index (κ2) is 5.27. The van der Waals surface area contributed by atoms with Crippen LogP contribution in [0.3, 0.4) is 0 Å². The summed E-state index contributed by atoms with van der Waals surface area (Å²) in [6.07, 6.45) is 0. The van der Waals surface area contributed by atoms with Gasteiger partial charge >= 0.3 is 5.97 Å². The number of halogens is 1. The van der Waals surface area contributed by atoms with Crippen molar-refractivity contribution >= 4 is 17.6 Å². The van der Waals surface area contributed by atoms with Crippen LogP contribution in [0.1, 0.15) is 36.9 Å². The summed E-state index contributed by atoms with van der Waals surface area (Å²) >= 11 is 6.17. The fraction of sp³-hybridized carbons (Fsp3) is 0.462. The van der Waals surface area contributed by atoms with E-state index in [1.54, 1.807) is 6.07 Å². The van der Waals surface area contributed by atoms with Gasteiger partial charge in [0.2, 0.25) is 0 Å². The molecule has 1 aliphatic heterocycles. The van der Waals surface area contributed by atoms with E-state index < -0.39 is 12.0 Å². The van der Waals surface area contributed by atoms with Crippen LogP contribution in [0.15, 0.2) is 6.07 Å². The number of rotatable bonds is 3. The fourth-order valence-electron chi connectivity index (χ4n) is 2.21. The highest BCUT2D eigenvalue weighted by Gasteiger charge is 2.29. The molecule has 1 aromatic carbocycles. The van der Waals surface area contributed by atoms with E-state index in [0.717, 1.165) is 0 Å². The Hall–Kier alpha value is -1.46. The summed E-state index contributed by atoms with van der Waals surface area (Å²) in [7, 11) is 0. The van der Waals surface area contributed by atoms with Crippen molar-refractivity contribution in [1.29, 1.82) is 0 Å². The molecule has 5 nitrogen and oxygen atoms in total. The summed E-state index contributed by atoms with van der Waals surface area (Å²) in [5.41, 5.74) is 6.83. The molecule has 104 valence electrons. The van der Waals surface area contributed by atoms with Crippen LogP contribution in [0.5, 0.6) is 11.5 Å². The van der Waals surface area contributed by atoms with E-state index in [1.165, 1.54) is 0 Å². The molecule has 3 N–H and O–H groups in total. The van der Waals surface area contributed by atoms with Crippen molar-refractivity contribution in [2.75, 3.05) is 13.2 Å². The largest absolute Gasteiger partial charge is 0.486 e. The molecule has 6 heteroatoms. The Morgan fingerprint density at radius 1 is 1.37 bits per heavy atom. The smallest absolute Gasteiger partial charge is 0.325 e. The lowest BCUT2D eigenvalue weighted by Crippen LogP contribution is -2.25. The lowest BCUT2D eigenvalue weighted by Gasteiger charge is -2.27. The van der Waals surface area contributed by atoms with Gasteiger partial charge in [-0.2, -0.15) is 0 Å². The average Bonchev–Trinajstić information content (AvgIpc) is 2.35. The van der Waals surface area contributed by atoms with Crippen molar-refractivity contribution in [2.24, 2.45) is 5.73 Å². The molecule has 1 unspecified atom stereocenters. The first kappa shape index (κ1) is 14.0. The van der Waals surface area contributed by atoms with Crippen LogP contribution in [-0.4, -0.2) is 24.3 Å². The van der Waals surface area contributed by atoms with E-state index in [2.05, 4.69) is 0 Å². The Labute approximate surface area is 116 Å². The van der Waals surface area contributed by atoms with Crippen molar-refractivity contribution in [3.8, 4) is 11.5 Å². The number of ether oxygens (including phenoxy) is 2. The quantitative estimate of drug-likeness (QED) is 0.890. The van der Waals surface area contributed by atoms with Gasteiger partial charge in [-0.1, -0.05) is 25.4 Å². The third-order valence-corrected chi connectivity index (χ3v) is 3.33. The van der Waals surface area contributed by atoms with Gasteiger partial charge in [-0.3, -0.25) is 4.79 Å². The van der Waals surface area contributed by atoms with E-state index in [1.807, 2.05) is 13.8 Å². The van der Waals surface area contributed by atoms with E-state index in [0.29, 0.717) is 40.9 Å². The van der Waals surface area contributed by atoms with Crippen LogP contribution in [0.2, 0.25) is 5.02 Å². The molecule has 0 amide bonds. The number of hydrogen-bond acceptors (Lipinski definition) is 4. The number of carboxylic acids is 1. The van der Waals surface area contributed by atoms with Crippen LogP contribution >= 0.6 is 11.6 Å². The molecule has 0 saturated carbocycles. The summed E-state index contributed by atoms with van der Waals surface area (Å²) in [5, 5.41) is 9.41. The Balaban J connectivity index is 2.68. The van der Waals surface area contributed by atoms with Gasteiger partial charge in [-0.25, -0.2) is 0 Å². The van der Waals surface area contributed by atoms with Crippen LogP contribution in [-0.2, 0) is 4.79 Å². The van der Waals surface area contributed by atoms with Crippen molar-refractivity contribution in [2.45, 2.75) is 25.8 Å². The van der Waals surface area contributed by atoms with Gasteiger partial charge in [0.25, 0.3) is 0 Å². The van der Waals surface area contributed by atoms with Gasteiger partial charge in [0, 0.05) is 17.2 Å². The van der Waals surface area contributed by atoms with Crippen molar-refractivity contribution in [3.05, 3.63) is 22.2 Å². The molecule has 1 aromatic rings. The van der Waals surface area contributed by atoms with E-state index >= 15 is 0 Å². The summed E-state index contributed by atoms with van der Waals surface area (Å²) in [6.45, 7) is 4.74. The maximum Gasteiger partial charge on any atom is 0.325 e. The minimum atomic E-state index is -1.18. The molecule has 2 rings (SSSR count). The van der Waals surface area contributed by atoms with E-state index in [-0.39, 0.29) is 5.92 Å². The Morgan fingerprint density at radius 2 is 2.00 bits per heavy atom. The maximum atomic E-state index is 11.1. The summed E-state index contributed by atoms with van der Waals surface area (Å²) in [5.74, 6) is -0.00586. The monoisotopic (exact) mass is 285 g/mol. The molecule has 0 radical (unpaired) electrons. The van der Waals surface area contributed by atoms with Crippen molar-refractivity contribution < 1.29 is 19.4 Å². The van der Waals surface area contributed by atoms with Crippen LogP contribution in [0.25, 0.3) is 0 Å². The maximum absolute atomic E-state index is 11.1. The molecular weight excluding hydrogens is 270 g/mol. The Bertz CT molecular complexity index is 516. The topological polar surface area (TPSA) is 81.8 Å². The second-order valence-corrected chi connectivity index (χ2v) is 5.09. The zero-order valence-corrected chi connectivity index (χ0v) is 11.5. The fourth-order valence-corrected chi connectivity index (χ4v) is 2.52. The van der Waals surface area contributed by atoms with Gasteiger partial charge in [0.1, 0.15) is 19.3 Å². The molecule has 19 heavy (non-hydrogen) atoms. The van der Waals surface area contributed by atoms with Crippen molar-refractivity contribution in [3.63, 3.8) is 0 Å². The number of carbonyl (C=O) groups is 1. The molecule has 0 saturated heterocycles. The lowest BCUT2D eigenvalue weighted by atomic mass is 9.91. The van der Waals surface area contributed by atoms with Gasteiger partial charge in [0.15, 0.2) is 11.5 Å². The highest BCUT2D eigenvalue weighted by atomic mass is 35.5.